The van der Waals surface area contributed by atoms with Gasteiger partial charge in [-0.3, -0.25) is 14.3 Å². The number of fused-ring (bicyclic) bond motifs is 1. The van der Waals surface area contributed by atoms with Crippen LogP contribution in [0.15, 0.2) is 26.8 Å². The van der Waals surface area contributed by atoms with Crippen molar-refractivity contribution >= 4 is 46.4 Å². The second kappa shape index (κ2) is 9.25. The molecule has 1 fully saturated rings. The lowest BCUT2D eigenvalue weighted by molar-refractivity contribution is -0.142. The molecule has 2 aliphatic rings. The van der Waals surface area contributed by atoms with Crippen LogP contribution in [-0.4, -0.2) is 40.4 Å². The summed E-state index contributed by atoms with van der Waals surface area (Å²) in [4.78, 5) is 29.8. The van der Waals surface area contributed by atoms with E-state index in [1.807, 2.05) is 0 Å². The number of nitrogens with zero attached hydrogens (tertiary/aromatic N) is 3. The Labute approximate surface area is 185 Å². The second-order valence-corrected chi connectivity index (χ2v) is 9.57. The van der Waals surface area contributed by atoms with E-state index >= 15 is 0 Å². The summed E-state index contributed by atoms with van der Waals surface area (Å²) in [5, 5.41) is -0.427. The van der Waals surface area contributed by atoms with Crippen molar-refractivity contribution < 1.29 is 18.7 Å². The van der Waals surface area contributed by atoms with Crippen molar-refractivity contribution in [2.24, 2.45) is 4.99 Å². The molecule has 2 aliphatic heterocycles. The monoisotopic (exact) mass is 473 g/mol. The number of rotatable bonds is 5. The Balaban J connectivity index is 1.71. The summed E-state index contributed by atoms with van der Waals surface area (Å²) in [7, 11) is 1.33. The average Bonchev–Trinajstić information content (AvgIpc) is 3.37. The molecule has 3 heterocycles. The summed E-state index contributed by atoms with van der Waals surface area (Å²) < 4.78 is 28.7. The lowest BCUT2D eigenvalue weighted by atomic mass is 10.2. The van der Waals surface area contributed by atoms with Gasteiger partial charge in [-0.05, 0) is 49.2 Å². The molecule has 1 aromatic carbocycles. The Hall–Kier alpha value is -1.62. The summed E-state index contributed by atoms with van der Waals surface area (Å²) in [5.74, 6) is -1.01. The molecule has 0 aliphatic carbocycles. The minimum Gasteiger partial charge on any atom is -0.468 e. The Morgan fingerprint density at radius 2 is 2.13 bits per heavy atom. The Bertz CT molecular complexity index is 1070. The minimum atomic E-state index is -0.610. The molecule has 1 saturated heterocycles. The maximum Gasteiger partial charge on any atom is 0.325 e. The van der Waals surface area contributed by atoms with Crippen LogP contribution in [0.2, 0.25) is 5.02 Å². The van der Waals surface area contributed by atoms with Crippen LogP contribution in [0.3, 0.4) is 0 Å². The number of benzene rings is 1. The summed E-state index contributed by atoms with van der Waals surface area (Å²) in [6, 6.07) is 2.69. The van der Waals surface area contributed by atoms with Gasteiger partial charge in [-0.15, -0.1) is 11.8 Å². The number of thioether (sulfide) groups is 1. The van der Waals surface area contributed by atoms with Crippen LogP contribution in [0.5, 0.6) is 0 Å². The van der Waals surface area contributed by atoms with E-state index in [2.05, 4.69) is 4.99 Å². The van der Waals surface area contributed by atoms with E-state index in [0.29, 0.717) is 29.4 Å². The normalized spacial score (nSPS) is 20.2. The molecule has 0 radical (unpaired) electrons. The average molecular weight is 474 g/mol. The van der Waals surface area contributed by atoms with Gasteiger partial charge in [0.25, 0.3) is 0 Å². The second-order valence-electron chi connectivity index (χ2n) is 7.06. The molecule has 7 nitrogen and oxygen atoms in total. The third-order valence-electron chi connectivity index (χ3n) is 5.10. The first-order valence-corrected chi connectivity index (χ1v) is 11.8. The quantitative estimate of drug-likeness (QED) is 0.492. The van der Waals surface area contributed by atoms with Gasteiger partial charge in [0.15, 0.2) is 0 Å². The number of methoxy groups -OCH3 is 1. The molecule has 1 aromatic heterocycles. The van der Waals surface area contributed by atoms with Crippen LogP contribution >= 0.6 is 34.7 Å². The zero-order valence-corrected chi connectivity index (χ0v) is 18.7. The van der Waals surface area contributed by atoms with Crippen molar-refractivity contribution in [3.63, 3.8) is 0 Å². The van der Waals surface area contributed by atoms with Crippen LogP contribution < -0.4 is 9.67 Å². The number of hydrogen-bond donors (Lipinski definition) is 0. The zero-order valence-electron chi connectivity index (χ0n) is 16.3. The van der Waals surface area contributed by atoms with Gasteiger partial charge in [-0.25, -0.2) is 14.1 Å². The van der Waals surface area contributed by atoms with Crippen LogP contribution in [0.1, 0.15) is 25.7 Å². The standard InChI is InChI=1S/C19H21ClFN3O4S2/c1-27-17(25)16(14-5-4-8-28-14)29-15-10-13(12(21)9-11(15)20)22-18-23-6-2-3-7-24(23)19(26)30-18/h9-10,14,16H,2-8H2,1H3/b22-18+. The number of carbonyl (C=O) groups excluding carboxylic acids is 1. The highest BCUT2D eigenvalue weighted by molar-refractivity contribution is 8.00. The van der Waals surface area contributed by atoms with E-state index in [1.165, 1.54) is 31.0 Å². The largest absolute Gasteiger partial charge is 0.468 e. The smallest absolute Gasteiger partial charge is 0.325 e. The fourth-order valence-electron chi connectivity index (χ4n) is 3.58. The highest BCUT2D eigenvalue weighted by Gasteiger charge is 2.34. The van der Waals surface area contributed by atoms with E-state index in [0.717, 1.165) is 37.0 Å². The van der Waals surface area contributed by atoms with E-state index < -0.39 is 17.0 Å². The summed E-state index contributed by atoms with van der Waals surface area (Å²) >= 11 is 8.44. The van der Waals surface area contributed by atoms with Crippen LogP contribution in [0, 0.1) is 5.82 Å². The van der Waals surface area contributed by atoms with Crippen molar-refractivity contribution in [2.75, 3.05) is 13.7 Å². The third-order valence-corrected chi connectivity index (χ3v) is 7.74. The van der Waals surface area contributed by atoms with Crippen LogP contribution in [0.25, 0.3) is 0 Å². The van der Waals surface area contributed by atoms with Gasteiger partial charge >= 0.3 is 10.8 Å². The van der Waals surface area contributed by atoms with Gasteiger partial charge in [0.2, 0.25) is 4.80 Å². The lowest BCUT2D eigenvalue weighted by Crippen LogP contribution is -2.31. The summed E-state index contributed by atoms with van der Waals surface area (Å²) in [6.45, 7) is 1.89. The fraction of sp³-hybridized carbons (Fsp3) is 0.526. The molecule has 0 amide bonds. The van der Waals surface area contributed by atoms with Gasteiger partial charge in [0.1, 0.15) is 16.8 Å². The Morgan fingerprint density at radius 3 is 2.83 bits per heavy atom. The number of carbonyl (C=O) groups is 1. The van der Waals surface area contributed by atoms with E-state index in [4.69, 9.17) is 21.1 Å². The number of halogens is 2. The SMILES string of the molecule is COC(=O)C(Sc1cc(/N=c2/sc(=O)n3n2CCCC3)c(F)cc1Cl)C1CCCO1. The fourth-order valence-corrected chi connectivity index (χ4v) is 5.94. The molecule has 0 saturated carbocycles. The first-order valence-electron chi connectivity index (χ1n) is 9.68. The molecule has 2 unspecified atom stereocenters. The van der Waals surface area contributed by atoms with Gasteiger partial charge in [0.05, 0.1) is 18.2 Å². The Kier molecular flexibility index (Phi) is 6.66. The first-order chi connectivity index (χ1) is 14.5. The van der Waals surface area contributed by atoms with Gasteiger partial charge in [-0.2, -0.15) is 0 Å². The molecule has 0 bridgehead atoms. The van der Waals surface area contributed by atoms with Gasteiger partial charge in [0, 0.05) is 24.6 Å². The lowest BCUT2D eigenvalue weighted by Gasteiger charge is -2.20. The maximum absolute atomic E-state index is 14.6. The predicted molar refractivity (Wildman–Crippen MR) is 113 cm³/mol. The Morgan fingerprint density at radius 1 is 1.37 bits per heavy atom. The van der Waals surface area contributed by atoms with Crippen molar-refractivity contribution in [3.05, 3.63) is 37.4 Å². The molecule has 0 spiro atoms. The third kappa shape index (κ3) is 4.37. The summed E-state index contributed by atoms with van der Waals surface area (Å²) in [6.07, 6.45) is 3.19. The van der Waals surface area contributed by atoms with Crippen LogP contribution in [0.4, 0.5) is 10.1 Å². The molecule has 4 rings (SSSR count). The van der Waals surface area contributed by atoms with E-state index in [1.54, 1.807) is 9.36 Å². The van der Waals surface area contributed by atoms with Crippen molar-refractivity contribution in [1.82, 2.24) is 9.36 Å². The number of ether oxygens (including phenoxy) is 2. The van der Waals surface area contributed by atoms with Crippen molar-refractivity contribution in [1.29, 1.82) is 0 Å². The minimum absolute atomic E-state index is 0.0700. The molecule has 0 N–H and O–H groups in total. The molecule has 162 valence electrons. The number of esters is 1. The highest BCUT2D eigenvalue weighted by atomic mass is 35.5. The van der Waals surface area contributed by atoms with Crippen molar-refractivity contribution in [2.45, 2.75) is 55.0 Å². The van der Waals surface area contributed by atoms with Gasteiger partial charge in [-0.1, -0.05) is 11.6 Å². The number of aromatic nitrogens is 2. The molecular formula is C19H21ClFN3O4S2. The van der Waals surface area contributed by atoms with Crippen LogP contribution in [-0.2, 0) is 27.4 Å². The molecule has 2 aromatic rings. The molecule has 11 heteroatoms. The van der Waals surface area contributed by atoms with Crippen molar-refractivity contribution in [3.8, 4) is 0 Å². The first kappa shape index (κ1) is 21.6. The maximum atomic E-state index is 14.6. The summed E-state index contributed by atoms with van der Waals surface area (Å²) in [5.41, 5.74) is 0.0700. The molecule has 2 atom stereocenters. The molecule has 30 heavy (non-hydrogen) atoms. The number of hydrogen-bond acceptors (Lipinski definition) is 7. The highest BCUT2D eigenvalue weighted by Crippen LogP contribution is 2.38. The topological polar surface area (TPSA) is 74.8 Å². The van der Waals surface area contributed by atoms with E-state index in [-0.39, 0.29) is 21.7 Å². The predicted octanol–water partition coefficient (Wildman–Crippen LogP) is 3.34. The molecular weight excluding hydrogens is 453 g/mol. The zero-order chi connectivity index (χ0) is 21.3. The van der Waals surface area contributed by atoms with Gasteiger partial charge < -0.3 is 9.47 Å². The van der Waals surface area contributed by atoms with E-state index in [9.17, 15) is 14.0 Å².